The molecule has 2 nitrogen and oxygen atoms in total. The maximum atomic E-state index is 6.10. The van der Waals surface area contributed by atoms with Gasteiger partial charge >= 0.3 is 0 Å². The molecule has 0 aliphatic carbocycles. The van der Waals surface area contributed by atoms with Gasteiger partial charge in [0.15, 0.2) is 5.15 Å². The van der Waals surface area contributed by atoms with Crippen LogP contribution in [0.1, 0.15) is 24.1 Å². The van der Waals surface area contributed by atoms with Gasteiger partial charge in [0.25, 0.3) is 0 Å². The summed E-state index contributed by atoms with van der Waals surface area (Å²) < 4.78 is 0. The average molecular weight is 316 g/mol. The van der Waals surface area contributed by atoms with Crippen LogP contribution in [0.5, 0.6) is 0 Å². The molecule has 5 heteroatoms. The maximum Gasteiger partial charge on any atom is 0.152 e. The fraction of sp³-hybridized carbons (Fsp3) is 0.214. The first kappa shape index (κ1) is 14.4. The molecule has 0 saturated carbocycles. The minimum atomic E-state index is 0.0511. The van der Waals surface area contributed by atoms with E-state index in [0.29, 0.717) is 15.2 Å². The van der Waals surface area contributed by atoms with Crippen molar-refractivity contribution < 1.29 is 0 Å². The van der Waals surface area contributed by atoms with Gasteiger partial charge in [-0.3, -0.25) is 0 Å². The van der Waals surface area contributed by atoms with Gasteiger partial charge < -0.3 is 5.32 Å². The van der Waals surface area contributed by atoms with E-state index in [2.05, 4.69) is 10.3 Å². The Bertz CT molecular complexity index is 579. The van der Waals surface area contributed by atoms with Crippen molar-refractivity contribution in [1.82, 2.24) is 4.98 Å². The van der Waals surface area contributed by atoms with E-state index in [0.717, 1.165) is 16.8 Å². The normalized spacial score (nSPS) is 12.3. The Kier molecular flexibility index (Phi) is 4.56. The van der Waals surface area contributed by atoms with Gasteiger partial charge in [-0.25, -0.2) is 4.98 Å². The quantitative estimate of drug-likeness (QED) is 0.754. The number of hydrogen-bond donors (Lipinski definition) is 1. The number of pyridine rings is 1. The number of benzene rings is 1. The lowest BCUT2D eigenvalue weighted by atomic mass is 10.1. The number of nitrogens with zero attached hydrogens (tertiary/aromatic N) is 1. The van der Waals surface area contributed by atoms with Gasteiger partial charge in [-0.2, -0.15) is 0 Å². The van der Waals surface area contributed by atoms with Crippen molar-refractivity contribution in [2.75, 3.05) is 5.32 Å². The molecule has 1 atom stereocenters. The van der Waals surface area contributed by atoms with E-state index in [1.807, 2.05) is 32.0 Å². The molecule has 0 fully saturated rings. The molecule has 0 saturated heterocycles. The van der Waals surface area contributed by atoms with Crippen molar-refractivity contribution in [2.45, 2.75) is 19.9 Å². The van der Waals surface area contributed by atoms with Gasteiger partial charge in [-0.05, 0) is 43.2 Å². The lowest BCUT2D eigenvalue weighted by Crippen LogP contribution is -2.08. The van der Waals surface area contributed by atoms with Gasteiger partial charge in [-0.1, -0.05) is 40.9 Å². The zero-order valence-electron chi connectivity index (χ0n) is 10.5. The van der Waals surface area contributed by atoms with Crippen LogP contribution in [0.4, 0.5) is 5.69 Å². The summed E-state index contributed by atoms with van der Waals surface area (Å²) in [5.41, 5.74) is 2.92. The lowest BCUT2D eigenvalue weighted by molar-refractivity contribution is 0.880. The van der Waals surface area contributed by atoms with Crippen LogP contribution in [-0.2, 0) is 0 Å². The summed E-state index contributed by atoms with van der Waals surface area (Å²) in [6, 6.07) is 7.53. The standard InChI is InChI=1S/C14H13Cl3N2/c1-8-5-6-18-14(17)13(8)19-9(2)10-3-4-11(15)12(16)7-10/h3-7,9,19H,1-2H3. The van der Waals surface area contributed by atoms with E-state index in [4.69, 9.17) is 34.8 Å². The number of halogens is 3. The zero-order valence-corrected chi connectivity index (χ0v) is 12.8. The van der Waals surface area contributed by atoms with Crippen LogP contribution in [0.15, 0.2) is 30.5 Å². The molecular formula is C14H13Cl3N2. The molecule has 1 heterocycles. The number of anilines is 1. The molecular weight excluding hydrogens is 303 g/mol. The van der Waals surface area contributed by atoms with Crippen molar-refractivity contribution in [2.24, 2.45) is 0 Å². The summed E-state index contributed by atoms with van der Waals surface area (Å²) in [7, 11) is 0. The molecule has 19 heavy (non-hydrogen) atoms. The first-order chi connectivity index (χ1) is 8.99. The molecule has 2 aromatic rings. The summed E-state index contributed by atoms with van der Waals surface area (Å²) in [5.74, 6) is 0. The Balaban J connectivity index is 2.25. The maximum absolute atomic E-state index is 6.10. The van der Waals surface area contributed by atoms with Crippen LogP contribution in [0.25, 0.3) is 0 Å². The van der Waals surface area contributed by atoms with Crippen molar-refractivity contribution in [3.63, 3.8) is 0 Å². The van der Waals surface area contributed by atoms with Gasteiger partial charge in [0.2, 0.25) is 0 Å². The first-order valence-electron chi connectivity index (χ1n) is 5.81. The Labute approximate surface area is 127 Å². The van der Waals surface area contributed by atoms with Gasteiger partial charge in [0.05, 0.1) is 15.7 Å². The summed E-state index contributed by atoms with van der Waals surface area (Å²) in [6.45, 7) is 4.01. The minimum Gasteiger partial charge on any atom is -0.376 e. The van der Waals surface area contributed by atoms with Crippen molar-refractivity contribution in [3.8, 4) is 0 Å². The second-order valence-electron chi connectivity index (χ2n) is 4.33. The van der Waals surface area contributed by atoms with E-state index in [1.54, 1.807) is 12.3 Å². The zero-order chi connectivity index (χ0) is 14.0. The second-order valence-corrected chi connectivity index (χ2v) is 5.51. The topological polar surface area (TPSA) is 24.9 Å². The molecule has 0 spiro atoms. The highest BCUT2D eigenvalue weighted by Gasteiger charge is 2.11. The molecule has 0 bridgehead atoms. The van der Waals surface area contributed by atoms with E-state index in [1.165, 1.54) is 0 Å². The molecule has 2 rings (SSSR count). The first-order valence-corrected chi connectivity index (χ1v) is 6.95. The second kappa shape index (κ2) is 6.00. The number of aryl methyl sites for hydroxylation is 1. The monoisotopic (exact) mass is 314 g/mol. The number of rotatable bonds is 3. The van der Waals surface area contributed by atoms with E-state index >= 15 is 0 Å². The highest BCUT2D eigenvalue weighted by molar-refractivity contribution is 6.42. The third kappa shape index (κ3) is 3.33. The summed E-state index contributed by atoms with van der Waals surface area (Å²) >= 11 is 18.0. The molecule has 0 amide bonds. The highest BCUT2D eigenvalue weighted by Crippen LogP contribution is 2.30. The van der Waals surface area contributed by atoms with E-state index in [9.17, 15) is 0 Å². The largest absolute Gasteiger partial charge is 0.376 e. The average Bonchev–Trinajstić information content (AvgIpc) is 2.37. The van der Waals surface area contributed by atoms with Gasteiger partial charge in [0, 0.05) is 12.2 Å². The van der Waals surface area contributed by atoms with E-state index in [-0.39, 0.29) is 6.04 Å². The van der Waals surface area contributed by atoms with Crippen molar-refractivity contribution >= 4 is 40.5 Å². The van der Waals surface area contributed by atoms with Crippen LogP contribution in [0.2, 0.25) is 15.2 Å². The molecule has 0 aliphatic heterocycles. The van der Waals surface area contributed by atoms with Crippen molar-refractivity contribution in [1.29, 1.82) is 0 Å². The summed E-state index contributed by atoms with van der Waals surface area (Å²) in [5, 5.41) is 4.90. The van der Waals surface area contributed by atoms with Crippen LogP contribution >= 0.6 is 34.8 Å². The third-order valence-electron chi connectivity index (χ3n) is 2.92. The molecule has 1 aromatic carbocycles. The molecule has 0 radical (unpaired) electrons. The lowest BCUT2D eigenvalue weighted by Gasteiger charge is -2.18. The molecule has 1 aromatic heterocycles. The number of hydrogen-bond acceptors (Lipinski definition) is 2. The van der Waals surface area contributed by atoms with Crippen LogP contribution in [0.3, 0.4) is 0 Å². The van der Waals surface area contributed by atoms with Gasteiger partial charge in [-0.15, -0.1) is 0 Å². The minimum absolute atomic E-state index is 0.0511. The summed E-state index contributed by atoms with van der Waals surface area (Å²) in [6.07, 6.45) is 1.69. The van der Waals surface area contributed by atoms with Gasteiger partial charge in [0.1, 0.15) is 0 Å². The molecule has 1 N–H and O–H groups in total. The van der Waals surface area contributed by atoms with E-state index < -0.39 is 0 Å². The van der Waals surface area contributed by atoms with Crippen LogP contribution in [0, 0.1) is 6.92 Å². The summed E-state index contributed by atoms with van der Waals surface area (Å²) in [4.78, 5) is 4.07. The predicted octanol–water partition coefficient (Wildman–Crippen LogP) is 5.52. The molecule has 0 aliphatic rings. The smallest absolute Gasteiger partial charge is 0.152 e. The third-order valence-corrected chi connectivity index (χ3v) is 3.94. The van der Waals surface area contributed by atoms with Crippen LogP contribution < -0.4 is 5.32 Å². The number of aromatic nitrogens is 1. The van der Waals surface area contributed by atoms with Crippen LogP contribution in [-0.4, -0.2) is 4.98 Å². The van der Waals surface area contributed by atoms with Crippen molar-refractivity contribution in [3.05, 3.63) is 56.8 Å². The Morgan fingerprint density at radius 1 is 1.11 bits per heavy atom. The fourth-order valence-electron chi connectivity index (χ4n) is 1.78. The Morgan fingerprint density at radius 3 is 2.47 bits per heavy atom. The highest BCUT2D eigenvalue weighted by atomic mass is 35.5. The number of nitrogens with one attached hydrogen (secondary N) is 1. The Morgan fingerprint density at radius 2 is 1.84 bits per heavy atom. The molecule has 1 unspecified atom stereocenters. The molecule has 100 valence electrons. The Hall–Kier alpha value is -0.960. The SMILES string of the molecule is Cc1ccnc(Cl)c1NC(C)c1ccc(Cl)c(Cl)c1. The fourth-order valence-corrected chi connectivity index (χ4v) is 2.35. The predicted molar refractivity (Wildman–Crippen MR) is 82.5 cm³/mol.